The van der Waals surface area contributed by atoms with Crippen molar-refractivity contribution in [3.05, 3.63) is 82.9 Å². The Kier molecular flexibility index (Phi) is 6.09. The highest BCUT2D eigenvalue weighted by atomic mass is 19.4. The third-order valence-corrected chi connectivity index (χ3v) is 5.33. The lowest BCUT2D eigenvalue weighted by atomic mass is 10.0. The summed E-state index contributed by atoms with van der Waals surface area (Å²) >= 11 is 0. The van der Waals surface area contributed by atoms with Gasteiger partial charge in [-0.3, -0.25) is 14.0 Å². The van der Waals surface area contributed by atoms with Gasteiger partial charge < -0.3 is 10.0 Å². The van der Waals surface area contributed by atoms with Crippen LogP contribution in [0, 0.1) is 0 Å². The summed E-state index contributed by atoms with van der Waals surface area (Å²) < 4.78 is 41.5. The Bertz CT molecular complexity index is 1320. The van der Waals surface area contributed by atoms with Gasteiger partial charge in [0.05, 0.1) is 29.9 Å². The lowest BCUT2D eigenvalue weighted by Gasteiger charge is -2.16. The highest BCUT2D eigenvalue weighted by molar-refractivity contribution is 5.81. The van der Waals surface area contributed by atoms with Gasteiger partial charge in [-0.1, -0.05) is 12.1 Å². The lowest BCUT2D eigenvalue weighted by molar-refractivity contribution is -0.137. The van der Waals surface area contributed by atoms with Crippen molar-refractivity contribution in [2.45, 2.75) is 18.8 Å². The summed E-state index contributed by atoms with van der Waals surface area (Å²) in [6.07, 6.45) is -1.69. The van der Waals surface area contributed by atoms with Crippen molar-refractivity contribution in [1.82, 2.24) is 19.2 Å². The molecule has 9 heteroatoms. The number of nitrogens with zero attached hydrogens (tertiary/aromatic N) is 4. The van der Waals surface area contributed by atoms with E-state index in [-0.39, 0.29) is 5.56 Å². The number of aromatic nitrogens is 3. The minimum absolute atomic E-state index is 0.305. The smallest absolute Gasteiger partial charge is 0.390 e. The molecule has 1 N–H and O–H groups in total. The van der Waals surface area contributed by atoms with Crippen LogP contribution in [0.2, 0.25) is 0 Å². The topological polar surface area (TPSA) is 63.3 Å². The molecule has 0 fully saturated rings. The number of pyridine rings is 1. The molecule has 2 aromatic carbocycles. The van der Waals surface area contributed by atoms with Crippen LogP contribution in [0.4, 0.5) is 13.2 Å². The number of fused-ring (bicyclic) bond motifs is 1. The summed E-state index contributed by atoms with van der Waals surface area (Å²) in [7, 11) is 3.77. The molecule has 0 aliphatic heterocycles. The van der Waals surface area contributed by atoms with Gasteiger partial charge >= 0.3 is 6.18 Å². The molecule has 0 bridgehead atoms. The highest BCUT2D eigenvalue weighted by Crippen LogP contribution is 2.30. The lowest BCUT2D eigenvalue weighted by Crippen LogP contribution is -2.29. The van der Waals surface area contributed by atoms with Crippen molar-refractivity contribution in [3.8, 4) is 16.8 Å². The van der Waals surface area contributed by atoms with Crippen LogP contribution in [0.5, 0.6) is 0 Å². The molecule has 4 rings (SSSR count). The Morgan fingerprint density at radius 2 is 1.76 bits per heavy atom. The second kappa shape index (κ2) is 8.84. The van der Waals surface area contributed by atoms with Crippen LogP contribution in [0.15, 0.2) is 71.8 Å². The number of likely N-dealkylation sites (N-methyl/N-ethyl adjacent to an activating group) is 1. The molecule has 1 atom stereocenters. The van der Waals surface area contributed by atoms with E-state index in [4.69, 9.17) is 0 Å². The van der Waals surface area contributed by atoms with Crippen LogP contribution in [-0.2, 0) is 12.7 Å². The first-order valence-electron chi connectivity index (χ1n) is 10.3. The fraction of sp³-hybridized carbons (Fsp3) is 0.250. The SMILES string of the molecule is CN(C)C[C@@H](O)Cn1ncc2cc(-n3ccc(-c4ccc(C(F)(F)F)cc4)cc3=O)ccc21. The Labute approximate surface area is 188 Å². The van der Waals surface area contributed by atoms with Crippen LogP contribution < -0.4 is 5.56 Å². The van der Waals surface area contributed by atoms with Gasteiger partial charge in [0.25, 0.3) is 5.56 Å². The van der Waals surface area contributed by atoms with Crippen molar-refractivity contribution < 1.29 is 18.3 Å². The quantitative estimate of drug-likeness (QED) is 0.480. The molecule has 172 valence electrons. The van der Waals surface area contributed by atoms with Gasteiger partial charge in [-0.05, 0) is 61.6 Å². The molecule has 0 unspecified atom stereocenters. The molecule has 0 spiro atoms. The van der Waals surface area contributed by atoms with E-state index in [2.05, 4.69) is 5.10 Å². The maximum Gasteiger partial charge on any atom is 0.416 e. The maximum absolute atomic E-state index is 12.8. The molecule has 2 heterocycles. The van der Waals surface area contributed by atoms with Gasteiger partial charge in [0, 0.05) is 29.9 Å². The molecular weight excluding hydrogens is 433 g/mol. The molecule has 0 saturated carbocycles. The molecule has 0 aliphatic rings. The van der Waals surface area contributed by atoms with Crippen LogP contribution >= 0.6 is 0 Å². The van der Waals surface area contributed by atoms with Crippen molar-refractivity contribution in [3.63, 3.8) is 0 Å². The van der Waals surface area contributed by atoms with Crippen LogP contribution in [0.3, 0.4) is 0 Å². The normalized spacial score (nSPS) is 13.1. The van der Waals surface area contributed by atoms with Crippen molar-refractivity contribution in [2.75, 3.05) is 20.6 Å². The zero-order chi connectivity index (χ0) is 23.8. The second-order valence-corrected chi connectivity index (χ2v) is 8.18. The van der Waals surface area contributed by atoms with E-state index in [1.165, 1.54) is 22.8 Å². The number of hydrogen-bond acceptors (Lipinski definition) is 4. The molecule has 33 heavy (non-hydrogen) atoms. The van der Waals surface area contributed by atoms with Gasteiger partial charge in [0.1, 0.15) is 0 Å². The average Bonchev–Trinajstić information content (AvgIpc) is 3.14. The second-order valence-electron chi connectivity index (χ2n) is 8.18. The summed E-state index contributed by atoms with van der Waals surface area (Å²) in [6.45, 7) is 0.864. The fourth-order valence-electron chi connectivity index (χ4n) is 3.77. The summed E-state index contributed by atoms with van der Waals surface area (Å²) in [4.78, 5) is 14.7. The number of benzene rings is 2. The van der Waals surface area contributed by atoms with Gasteiger partial charge in [-0.15, -0.1) is 0 Å². The molecule has 0 saturated heterocycles. The third kappa shape index (κ3) is 4.99. The van der Waals surface area contributed by atoms with Crippen LogP contribution in [0.25, 0.3) is 27.7 Å². The fourth-order valence-corrected chi connectivity index (χ4v) is 3.77. The summed E-state index contributed by atoms with van der Waals surface area (Å²) in [5.41, 5.74) is 1.50. The van der Waals surface area contributed by atoms with E-state index in [0.29, 0.717) is 29.9 Å². The number of aliphatic hydroxyl groups is 1. The molecule has 0 amide bonds. The molecule has 0 radical (unpaired) electrons. The van der Waals surface area contributed by atoms with Crippen LogP contribution in [-0.4, -0.2) is 51.1 Å². The van der Waals surface area contributed by atoms with Crippen molar-refractivity contribution in [2.24, 2.45) is 0 Å². The Balaban J connectivity index is 1.59. The maximum atomic E-state index is 12.8. The first-order valence-corrected chi connectivity index (χ1v) is 10.3. The predicted octanol–water partition coefficient (Wildman–Crippen LogP) is 3.80. The zero-order valence-corrected chi connectivity index (χ0v) is 18.1. The van der Waals surface area contributed by atoms with Crippen molar-refractivity contribution in [1.29, 1.82) is 0 Å². The van der Waals surface area contributed by atoms with E-state index in [1.54, 1.807) is 29.2 Å². The van der Waals surface area contributed by atoms with Gasteiger partial charge in [0.2, 0.25) is 0 Å². The standard InChI is InChI=1S/C24H23F3N4O2/c1-29(2)14-21(32)15-31-22-8-7-20(11-18(22)13-28-31)30-10-9-17(12-23(30)33)16-3-5-19(6-4-16)24(25,26)27/h3-13,21,32H,14-15H2,1-2H3/t21-/m1/s1. The van der Waals surface area contributed by atoms with E-state index < -0.39 is 17.8 Å². The monoisotopic (exact) mass is 456 g/mol. The number of aliphatic hydroxyl groups excluding tert-OH is 1. The van der Waals surface area contributed by atoms with E-state index in [9.17, 15) is 23.1 Å². The minimum Gasteiger partial charge on any atom is -0.390 e. The average molecular weight is 456 g/mol. The van der Waals surface area contributed by atoms with Gasteiger partial charge in [0.15, 0.2) is 0 Å². The van der Waals surface area contributed by atoms with Crippen LogP contribution in [0.1, 0.15) is 5.56 Å². The minimum atomic E-state index is -4.40. The number of rotatable bonds is 6. The molecule has 6 nitrogen and oxygen atoms in total. The molecule has 4 aromatic rings. The first-order chi connectivity index (χ1) is 15.6. The van der Waals surface area contributed by atoms with Gasteiger partial charge in [-0.25, -0.2) is 0 Å². The molecule has 2 aromatic heterocycles. The van der Waals surface area contributed by atoms with Gasteiger partial charge in [-0.2, -0.15) is 18.3 Å². The third-order valence-electron chi connectivity index (χ3n) is 5.33. The Hall–Kier alpha value is -3.43. The Morgan fingerprint density at radius 3 is 2.39 bits per heavy atom. The van der Waals surface area contributed by atoms with E-state index >= 15 is 0 Å². The largest absolute Gasteiger partial charge is 0.416 e. The van der Waals surface area contributed by atoms with E-state index in [0.717, 1.165) is 23.0 Å². The zero-order valence-electron chi connectivity index (χ0n) is 18.1. The predicted molar refractivity (Wildman–Crippen MR) is 120 cm³/mol. The first kappa shape index (κ1) is 22.8. The summed E-state index contributed by atoms with van der Waals surface area (Å²) in [5.74, 6) is 0. The molecular formula is C24H23F3N4O2. The molecule has 0 aliphatic carbocycles. The highest BCUT2D eigenvalue weighted by Gasteiger charge is 2.30. The summed E-state index contributed by atoms with van der Waals surface area (Å²) in [6, 6.07) is 13.3. The number of alkyl halides is 3. The summed E-state index contributed by atoms with van der Waals surface area (Å²) in [5, 5.41) is 15.4. The number of halogens is 3. The van der Waals surface area contributed by atoms with E-state index in [1.807, 2.05) is 31.1 Å². The number of hydrogen-bond donors (Lipinski definition) is 1. The Morgan fingerprint density at radius 1 is 1.03 bits per heavy atom. The van der Waals surface area contributed by atoms with Crippen molar-refractivity contribution >= 4 is 10.9 Å².